The number of rotatable bonds is 3. The molecule has 23 heavy (non-hydrogen) atoms. The lowest BCUT2D eigenvalue weighted by atomic mass is 9.91. The van der Waals surface area contributed by atoms with Gasteiger partial charge in [-0.25, -0.2) is 0 Å². The normalized spacial score (nSPS) is 16.9. The molecule has 1 amide bonds. The molecule has 120 valence electrons. The Kier molecular flexibility index (Phi) is 4.60. The van der Waals surface area contributed by atoms with Crippen LogP contribution in [0, 0.1) is 5.92 Å². The SMILES string of the molecule is CN(C)C(=O)c1cccnc1CC1CCOc2ccccc2C1. The average Bonchev–Trinajstić information content (AvgIpc) is 2.76. The van der Waals surface area contributed by atoms with E-state index in [1.54, 1.807) is 25.2 Å². The number of hydrogen-bond acceptors (Lipinski definition) is 3. The molecule has 0 aliphatic carbocycles. The molecule has 1 atom stereocenters. The van der Waals surface area contributed by atoms with Gasteiger partial charge in [-0.05, 0) is 48.9 Å². The second-order valence-electron chi connectivity index (χ2n) is 6.22. The van der Waals surface area contributed by atoms with E-state index in [4.69, 9.17) is 4.74 Å². The lowest BCUT2D eigenvalue weighted by Crippen LogP contribution is -2.24. The minimum Gasteiger partial charge on any atom is -0.493 e. The van der Waals surface area contributed by atoms with Gasteiger partial charge < -0.3 is 9.64 Å². The number of nitrogens with zero attached hydrogens (tertiary/aromatic N) is 2. The zero-order valence-electron chi connectivity index (χ0n) is 13.7. The van der Waals surface area contributed by atoms with Crippen molar-refractivity contribution in [1.82, 2.24) is 9.88 Å². The van der Waals surface area contributed by atoms with Gasteiger partial charge in [-0.3, -0.25) is 9.78 Å². The summed E-state index contributed by atoms with van der Waals surface area (Å²) >= 11 is 0. The lowest BCUT2D eigenvalue weighted by Gasteiger charge is -2.17. The Hall–Kier alpha value is -2.36. The molecule has 4 heteroatoms. The Morgan fingerprint density at radius 3 is 2.91 bits per heavy atom. The number of para-hydroxylation sites is 1. The number of amides is 1. The second kappa shape index (κ2) is 6.82. The van der Waals surface area contributed by atoms with Gasteiger partial charge in [0.25, 0.3) is 5.91 Å². The third kappa shape index (κ3) is 3.52. The Morgan fingerprint density at radius 1 is 1.26 bits per heavy atom. The van der Waals surface area contributed by atoms with Crippen LogP contribution in [0.2, 0.25) is 0 Å². The Bertz CT molecular complexity index is 697. The quantitative estimate of drug-likeness (QED) is 0.875. The van der Waals surface area contributed by atoms with E-state index in [2.05, 4.69) is 11.1 Å². The largest absolute Gasteiger partial charge is 0.493 e. The van der Waals surface area contributed by atoms with Crippen molar-refractivity contribution >= 4 is 5.91 Å². The Labute approximate surface area is 137 Å². The first kappa shape index (κ1) is 15.5. The fraction of sp³-hybridized carbons (Fsp3) is 0.368. The van der Waals surface area contributed by atoms with Crippen LogP contribution >= 0.6 is 0 Å². The van der Waals surface area contributed by atoms with Crippen molar-refractivity contribution in [2.75, 3.05) is 20.7 Å². The molecule has 0 radical (unpaired) electrons. The molecule has 2 aromatic rings. The van der Waals surface area contributed by atoms with Gasteiger partial charge in [-0.1, -0.05) is 18.2 Å². The van der Waals surface area contributed by atoms with Crippen LogP contribution in [0.4, 0.5) is 0 Å². The molecule has 0 fully saturated rings. The van der Waals surface area contributed by atoms with Gasteiger partial charge >= 0.3 is 0 Å². The van der Waals surface area contributed by atoms with Crippen LogP contribution in [-0.4, -0.2) is 36.5 Å². The first-order chi connectivity index (χ1) is 11.1. The fourth-order valence-corrected chi connectivity index (χ4v) is 3.05. The number of ether oxygens (including phenoxy) is 1. The predicted octanol–water partition coefficient (Wildman–Crippen LogP) is 2.97. The summed E-state index contributed by atoms with van der Waals surface area (Å²) in [7, 11) is 3.55. The summed E-state index contributed by atoms with van der Waals surface area (Å²) in [6.45, 7) is 0.714. The van der Waals surface area contributed by atoms with Crippen LogP contribution in [0.25, 0.3) is 0 Å². The summed E-state index contributed by atoms with van der Waals surface area (Å²) in [5.41, 5.74) is 2.83. The maximum absolute atomic E-state index is 12.3. The van der Waals surface area contributed by atoms with E-state index < -0.39 is 0 Å². The van der Waals surface area contributed by atoms with Gasteiger partial charge in [-0.15, -0.1) is 0 Å². The van der Waals surface area contributed by atoms with E-state index >= 15 is 0 Å². The molecule has 3 rings (SSSR count). The zero-order valence-corrected chi connectivity index (χ0v) is 13.7. The van der Waals surface area contributed by atoms with Crippen LogP contribution in [0.5, 0.6) is 5.75 Å². The summed E-state index contributed by atoms with van der Waals surface area (Å²) in [4.78, 5) is 18.4. The number of hydrogen-bond donors (Lipinski definition) is 0. The van der Waals surface area contributed by atoms with E-state index in [9.17, 15) is 4.79 Å². The van der Waals surface area contributed by atoms with Gasteiger partial charge in [0, 0.05) is 20.3 Å². The van der Waals surface area contributed by atoms with Crippen LogP contribution in [0.15, 0.2) is 42.6 Å². The standard InChI is InChI=1S/C19H22N2O2/c1-21(2)19(22)16-7-5-10-20-17(16)13-14-9-11-23-18-8-4-3-6-15(18)12-14/h3-8,10,14H,9,11-13H2,1-2H3. The minimum atomic E-state index is 0.0124. The first-order valence-corrected chi connectivity index (χ1v) is 8.01. The van der Waals surface area contributed by atoms with Crippen molar-refractivity contribution in [3.8, 4) is 5.75 Å². The molecule has 0 spiro atoms. The van der Waals surface area contributed by atoms with E-state index in [0.29, 0.717) is 18.1 Å². The van der Waals surface area contributed by atoms with Gasteiger partial charge in [0.1, 0.15) is 5.75 Å². The van der Waals surface area contributed by atoms with E-state index in [0.717, 1.165) is 30.7 Å². The highest BCUT2D eigenvalue weighted by molar-refractivity contribution is 5.94. The number of aromatic nitrogens is 1. The van der Waals surface area contributed by atoms with Crippen molar-refractivity contribution in [3.05, 3.63) is 59.4 Å². The molecule has 1 aromatic heterocycles. The molecular weight excluding hydrogens is 288 g/mol. The van der Waals surface area contributed by atoms with Gasteiger partial charge in [0.2, 0.25) is 0 Å². The smallest absolute Gasteiger partial charge is 0.255 e. The van der Waals surface area contributed by atoms with Crippen molar-refractivity contribution in [2.24, 2.45) is 5.92 Å². The molecule has 2 heterocycles. The predicted molar refractivity (Wildman–Crippen MR) is 89.7 cm³/mol. The lowest BCUT2D eigenvalue weighted by molar-refractivity contribution is 0.0825. The van der Waals surface area contributed by atoms with Crippen molar-refractivity contribution in [1.29, 1.82) is 0 Å². The fourth-order valence-electron chi connectivity index (χ4n) is 3.05. The van der Waals surface area contributed by atoms with E-state index in [-0.39, 0.29) is 5.91 Å². The first-order valence-electron chi connectivity index (χ1n) is 8.01. The summed E-state index contributed by atoms with van der Waals surface area (Å²) in [6.07, 6.45) is 4.50. The molecule has 1 aliphatic heterocycles. The van der Waals surface area contributed by atoms with E-state index in [1.807, 2.05) is 30.3 Å². The van der Waals surface area contributed by atoms with Gasteiger partial charge in [0.15, 0.2) is 0 Å². The summed E-state index contributed by atoms with van der Waals surface area (Å²) in [5.74, 6) is 1.43. The highest BCUT2D eigenvalue weighted by Crippen LogP contribution is 2.28. The van der Waals surface area contributed by atoms with Crippen LogP contribution < -0.4 is 4.74 Å². The third-order valence-electron chi connectivity index (χ3n) is 4.27. The Morgan fingerprint density at radius 2 is 2.09 bits per heavy atom. The number of carbonyl (C=O) groups is 1. The third-order valence-corrected chi connectivity index (χ3v) is 4.27. The molecule has 1 aromatic carbocycles. The second-order valence-corrected chi connectivity index (χ2v) is 6.22. The van der Waals surface area contributed by atoms with E-state index in [1.165, 1.54) is 5.56 Å². The van der Waals surface area contributed by atoms with Crippen molar-refractivity contribution < 1.29 is 9.53 Å². The molecule has 0 N–H and O–H groups in total. The summed E-state index contributed by atoms with van der Waals surface area (Å²) in [6, 6.07) is 11.9. The average molecular weight is 310 g/mol. The molecule has 0 bridgehead atoms. The maximum Gasteiger partial charge on any atom is 0.255 e. The number of benzene rings is 1. The van der Waals surface area contributed by atoms with Crippen LogP contribution in [0.1, 0.15) is 28.0 Å². The Balaban J connectivity index is 1.81. The zero-order chi connectivity index (χ0) is 16.2. The van der Waals surface area contributed by atoms with Gasteiger partial charge in [-0.2, -0.15) is 0 Å². The highest BCUT2D eigenvalue weighted by Gasteiger charge is 2.21. The molecule has 1 unspecified atom stereocenters. The molecular formula is C19H22N2O2. The summed E-state index contributed by atoms with van der Waals surface area (Å²) < 4.78 is 5.84. The number of carbonyl (C=O) groups excluding carboxylic acids is 1. The number of pyridine rings is 1. The van der Waals surface area contributed by atoms with Crippen LogP contribution in [-0.2, 0) is 12.8 Å². The summed E-state index contributed by atoms with van der Waals surface area (Å²) in [5, 5.41) is 0. The topological polar surface area (TPSA) is 42.4 Å². The minimum absolute atomic E-state index is 0.0124. The monoisotopic (exact) mass is 310 g/mol. The number of fused-ring (bicyclic) bond motifs is 1. The molecule has 0 saturated carbocycles. The van der Waals surface area contributed by atoms with Crippen molar-refractivity contribution in [2.45, 2.75) is 19.3 Å². The molecule has 4 nitrogen and oxygen atoms in total. The van der Waals surface area contributed by atoms with Gasteiger partial charge in [0.05, 0.1) is 17.9 Å². The van der Waals surface area contributed by atoms with Crippen molar-refractivity contribution in [3.63, 3.8) is 0 Å². The maximum atomic E-state index is 12.3. The molecule has 0 saturated heterocycles. The highest BCUT2D eigenvalue weighted by atomic mass is 16.5. The van der Waals surface area contributed by atoms with Crippen LogP contribution in [0.3, 0.4) is 0 Å². The molecule has 1 aliphatic rings.